The maximum Gasteiger partial charge on any atom is 0.308 e. The molecule has 0 saturated carbocycles. The lowest BCUT2D eigenvalue weighted by Gasteiger charge is -2.24. The lowest BCUT2D eigenvalue weighted by Crippen LogP contribution is -2.33. The summed E-state index contributed by atoms with van der Waals surface area (Å²) in [6, 6.07) is 17.9. The molecule has 0 heterocycles. The molecule has 1 amide bonds. The van der Waals surface area contributed by atoms with Gasteiger partial charge in [0, 0.05) is 19.5 Å². The van der Waals surface area contributed by atoms with E-state index in [2.05, 4.69) is 0 Å². The van der Waals surface area contributed by atoms with Crippen LogP contribution in [0.1, 0.15) is 38.7 Å². The van der Waals surface area contributed by atoms with Gasteiger partial charge in [-0.2, -0.15) is 0 Å². The van der Waals surface area contributed by atoms with E-state index >= 15 is 0 Å². The number of carboxylic acids is 1. The fourth-order valence-electron chi connectivity index (χ4n) is 3.07. The molecule has 0 saturated heterocycles. The van der Waals surface area contributed by atoms with E-state index in [1.807, 2.05) is 54.6 Å². The first-order valence-corrected chi connectivity index (χ1v) is 10.2. The largest absolute Gasteiger partial charge is 0.481 e. The minimum Gasteiger partial charge on any atom is -0.481 e. The van der Waals surface area contributed by atoms with Crippen LogP contribution in [0.15, 0.2) is 54.6 Å². The van der Waals surface area contributed by atoms with Gasteiger partial charge in [-0.15, -0.1) is 0 Å². The summed E-state index contributed by atoms with van der Waals surface area (Å²) in [4.78, 5) is 36.9. The predicted octanol–water partition coefficient (Wildman–Crippen LogP) is 4.14. The molecule has 2 aromatic carbocycles. The summed E-state index contributed by atoms with van der Waals surface area (Å²) in [7, 11) is 0. The normalized spacial score (nSPS) is 11.5. The number of hydrogen-bond donors (Lipinski definition) is 1. The van der Waals surface area contributed by atoms with Crippen molar-refractivity contribution in [2.75, 3.05) is 13.2 Å². The fraction of sp³-hybridized carbons (Fsp3) is 0.375. The molecular weight excluding hydrogens is 382 g/mol. The van der Waals surface area contributed by atoms with Gasteiger partial charge in [-0.25, -0.2) is 0 Å². The van der Waals surface area contributed by atoms with Crippen LogP contribution in [0.5, 0.6) is 0 Å². The summed E-state index contributed by atoms with van der Waals surface area (Å²) in [5.41, 5.74) is 3.14. The second-order valence-corrected chi connectivity index (χ2v) is 7.21. The van der Waals surface area contributed by atoms with E-state index in [0.717, 1.165) is 16.7 Å². The topological polar surface area (TPSA) is 83.9 Å². The third-order valence-electron chi connectivity index (χ3n) is 4.86. The smallest absolute Gasteiger partial charge is 0.308 e. The molecule has 0 aliphatic carbocycles. The zero-order chi connectivity index (χ0) is 21.9. The summed E-state index contributed by atoms with van der Waals surface area (Å²) in [5.74, 6) is -1.86. The molecule has 1 atom stereocenters. The first kappa shape index (κ1) is 23.1. The van der Waals surface area contributed by atoms with Crippen molar-refractivity contribution in [3.8, 4) is 11.1 Å². The van der Waals surface area contributed by atoms with Crippen LogP contribution >= 0.6 is 0 Å². The van der Waals surface area contributed by atoms with Gasteiger partial charge in [-0.1, -0.05) is 61.5 Å². The number of nitrogens with zero attached hydrogens (tertiary/aromatic N) is 1. The number of carboxylic acid groups (broad SMARTS) is 1. The maximum atomic E-state index is 12.6. The number of carbonyl (C=O) groups is 3. The molecule has 0 fully saturated rings. The Morgan fingerprint density at radius 1 is 0.967 bits per heavy atom. The van der Waals surface area contributed by atoms with E-state index in [-0.39, 0.29) is 30.6 Å². The molecule has 0 unspecified atom stereocenters. The number of esters is 1. The van der Waals surface area contributed by atoms with Gasteiger partial charge in [0.2, 0.25) is 5.91 Å². The molecule has 2 aromatic rings. The summed E-state index contributed by atoms with van der Waals surface area (Å²) in [6.07, 6.45) is 0.181. The van der Waals surface area contributed by atoms with Crippen molar-refractivity contribution in [1.82, 2.24) is 4.90 Å². The summed E-state index contributed by atoms with van der Waals surface area (Å²) in [6.45, 7) is 4.57. The molecule has 0 bridgehead atoms. The zero-order valence-corrected chi connectivity index (χ0v) is 17.5. The van der Waals surface area contributed by atoms with Crippen LogP contribution in [-0.4, -0.2) is 41.0 Å². The molecule has 2 rings (SSSR count). The van der Waals surface area contributed by atoms with E-state index in [9.17, 15) is 14.4 Å². The highest BCUT2D eigenvalue weighted by molar-refractivity contribution is 5.81. The SMILES string of the molecule is CCOC(=O)[C@H](C)CCN(Cc1ccc(-c2ccccc2)cc1)C(=O)CCC(=O)O. The van der Waals surface area contributed by atoms with Crippen molar-refractivity contribution in [1.29, 1.82) is 0 Å². The van der Waals surface area contributed by atoms with E-state index in [4.69, 9.17) is 9.84 Å². The number of ether oxygens (including phenoxy) is 1. The van der Waals surface area contributed by atoms with Crippen molar-refractivity contribution in [2.24, 2.45) is 5.92 Å². The minimum absolute atomic E-state index is 0.0643. The number of amides is 1. The van der Waals surface area contributed by atoms with Crippen LogP contribution in [0, 0.1) is 5.92 Å². The van der Waals surface area contributed by atoms with Gasteiger partial charge in [0.15, 0.2) is 0 Å². The van der Waals surface area contributed by atoms with Crippen LogP contribution < -0.4 is 0 Å². The first-order chi connectivity index (χ1) is 14.4. The van der Waals surface area contributed by atoms with Crippen molar-refractivity contribution in [3.05, 3.63) is 60.2 Å². The summed E-state index contributed by atoms with van der Waals surface area (Å²) in [5, 5.41) is 8.89. The van der Waals surface area contributed by atoms with Crippen molar-refractivity contribution in [3.63, 3.8) is 0 Å². The summed E-state index contributed by atoms with van der Waals surface area (Å²) >= 11 is 0. The second-order valence-electron chi connectivity index (χ2n) is 7.21. The third-order valence-corrected chi connectivity index (χ3v) is 4.86. The third kappa shape index (κ3) is 7.35. The Morgan fingerprint density at radius 3 is 2.20 bits per heavy atom. The van der Waals surface area contributed by atoms with Gasteiger partial charge >= 0.3 is 11.9 Å². The van der Waals surface area contributed by atoms with Crippen LogP contribution in [0.25, 0.3) is 11.1 Å². The molecule has 0 radical (unpaired) electrons. The van der Waals surface area contributed by atoms with E-state index in [0.29, 0.717) is 26.1 Å². The van der Waals surface area contributed by atoms with E-state index < -0.39 is 5.97 Å². The van der Waals surface area contributed by atoms with E-state index in [1.54, 1.807) is 18.7 Å². The standard InChI is InChI=1S/C24H29NO5/c1-3-30-24(29)18(2)15-16-25(22(26)13-14-23(27)28)17-19-9-11-21(12-10-19)20-7-5-4-6-8-20/h4-12,18H,3,13-17H2,1-2H3,(H,27,28)/t18-/m1/s1. The zero-order valence-electron chi connectivity index (χ0n) is 17.5. The summed E-state index contributed by atoms with van der Waals surface area (Å²) < 4.78 is 5.03. The van der Waals surface area contributed by atoms with Crippen molar-refractivity contribution < 1.29 is 24.2 Å². The number of benzene rings is 2. The number of hydrogen-bond acceptors (Lipinski definition) is 4. The Morgan fingerprint density at radius 2 is 1.60 bits per heavy atom. The van der Waals surface area contributed by atoms with Gasteiger partial charge in [0.1, 0.15) is 0 Å². The highest BCUT2D eigenvalue weighted by Crippen LogP contribution is 2.20. The van der Waals surface area contributed by atoms with Crippen LogP contribution in [0.2, 0.25) is 0 Å². The number of carbonyl (C=O) groups excluding carboxylic acids is 2. The first-order valence-electron chi connectivity index (χ1n) is 10.2. The van der Waals surface area contributed by atoms with Crippen LogP contribution in [0.3, 0.4) is 0 Å². The monoisotopic (exact) mass is 411 g/mol. The molecule has 0 spiro atoms. The Bertz CT molecular complexity index is 832. The molecule has 0 aromatic heterocycles. The van der Waals surface area contributed by atoms with Gasteiger partial charge in [0.25, 0.3) is 0 Å². The van der Waals surface area contributed by atoms with Gasteiger partial charge in [-0.3, -0.25) is 14.4 Å². The van der Waals surface area contributed by atoms with Crippen molar-refractivity contribution in [2.45, 2.75) is 39.7 Å². The predicted molar refractivity (Wildman–Crippen MR) is 115 cm³/mol. The Balaban J connectivity index is 2.06. The lowest BCUT2D eigenvalue weighted by atomic mass is 10.0. The van der Waals surface area contributed by atoms with Crippen LogP contribution in [0.4, 0.5) is 0 Å². The number of rotatable bonds is 11. The minimum atomic E-state index is -1.00. The Kier molecular flexibility index (Phi) is 9.06. The number of aliphatic carboxylic acids is 1. The van der Waals surface area contributed by atoms with Crippen molar-refractivity contribution >= 4 is 17.8 Å². The maximum absolute atomic E-state index is 12.6. The van der Waals surface area contributed by atoms with Gasteiger partial charge in [0.05, 0.1) is 18.9 Å². The highest BCUT2D eigenvalue weighted by Gasteiger charge is 2.20. The molecule has 6 nitrogen and oxygen atoms in total. The molecule has 30 heavy (non-hydrogen) atoms. The molecule has 0 aliphatic heterocycles. The average molecular weight is 411 g/mol. The quantitative estimate of drug-likeness (QED) is 0.562. The second kappa shape index (κ2) is 11.8. The highest BCUT2D eigenvalue weighted by atomic mass is 16.5. The molecule has 1 N–H and O–H groups in total. The molecule has 160 valence electrons. The molecular formula is C24H29NO5. The van der Waals surface area contributed by atoms with Crippen LogP contribution in [-0.2, 0) is 25.7 Å². The van der Waals surface area contributed by atoms with Gasteiger partial charge < -0.3 is 14.7 Å². The lowest BCUT2D eigenvalue weighted by molar-refractivity contribution is -0.148. The molecule has 0 aliphatic rings. The van der Waals surface area contributed by atoms with E-state index in [1.165, 1.54) is 0 Å². The fourth-order valence-corrected chi connectivity index (χ4v) is 3.07. The van der Waals surface area contributed by atoms with Gasteiger partial charge in [-0.05, 0) is 30.0 Å². The Hall–Kier alpha value is -3.15. The Labute approximate surface area is 177 Å². The average Bonchev–Trinajstić information content (AvgIpc) is 2.75. The molecule has 6 heteroatoms.